The maximum Gasteiger partial charge on any atom is 0.274 e. The van der Waals surface area contributed by atoms with Gasteiger partial charge in [0.05, 0.1) is 7.11 Å². The fourth-order valence-corrected chi connectivity index (χ4v) is 3.65. The van der Waals surface area contributed by atoms with Gasteiger partial charge in [-0.3, -0.25) is 19.6 Å². The number of hydrogen-bond donors (Lipinski definition) is 4. The van der Waals surface area contributed by atoms with Crippen LogP contribution in [0.25, 0.3) is 22.0 Å². The molecule has 0 bridgehead atoms. The highest BCUT2D eigenvalue weighted by Gasteiger charge is 2.18. The summed E-state index contributed by atoms with van der Waals surface area (Å²) in [6.07, 6.45) is 1.72. The van der Waals surface area contributed by atoms with Gasteiger partial charge in [0, 0.05) is 41.9 Å². The number of aromatic amines is 1. The molecule has 2 aromatic heterocycles. The molecule has 9 heteroatoms. The molecule has 0 unspecified atom stereocenters. The van der Waals surface area contributed by atoms with Crippen LogP contribution < -0.4 is 21.1 Å². The highest BCUT2D eigenvalue weighted by atomic mass is 16.5. The van der Waals surface area contributed by atoms with Crippen LogP contribution in [0.4, 0.5) is 0 Å². The van der Waals surface area contributed by atoms with Gasteiger partial charge in [-0.15, -0.1) is 0 Å². The van der Waals surface area contributed by atoms with Crippen LogP contribution in [0.5, 0.6) is 5.75 Å². The minimum Gasteiger partial charge on any atom is -0.496 e. The smallest absolute Gasteiger partial charge is 0.274 e. The normalized spacial score (nSPS) is 10.8. The van der Waals surface area contributed by atoms with E-state index in [1.165, 1.54) is 4.57 Å². The van der Waals surface area contributed by atoms with Crippen LogP contribution in [0.1, 0.15) is 26.4 Å². The number of aryl methyl sites for hydroxylation is 1. The highest BCUT2D eigenvalue weighted by Crippen LogP contribution is 2.34. The maximum atomic E-state index is 12.8. The van der Waals surface area contributed by atoms with E-state index in [9.17, 15) is 14.4 Å². The molecule has 0 fully saturated rings. The van der Waals surface area contributed by atoms with Gasteiger partial charge in [-0.1, -0.05) is 30.3 Å². The van der Waals surface area contributed by atoms with Crippen LogP contribution in [-0.4, -0.2) is 33.7 Å². The number of rotatable bonds is 6. The Morgan fingerprint density at radius 3 is 2.48 bits per heavy atom. The largest absolute Gasteiger partial charge is 0.496 e. The first-order chi connectivity index (χ1) is 15.9. The molecular weight excluding hydrogens is 424 g/mol. The summed E-state index contributed by atoms with van der Waals surface area (Å²) >= 11 is 0. The van der Waals surface area contributed by atoms with E-state index < -0.39 is 5.91 Å². The Morgan fingerprint density at radius 2 is 1.79 bits per heavy atom. The number of para-hydroxylation sites is 1. The number of carbonyl (C=O) groups excluding carboxylic acids is 2. The number of hydroxylamine groups is 1. The monoisotopic (exact) mass is 446 g/mol. The number of nitrogens with one attached hydrogen (secondary N) is 3. The van der Waals surface area contributed by atoms with Gasteiger partial charge < -0.3 is 19.6 Å². The predicted octanol–water partition coefficient (Wildman–Crippen LogP) is 2.59. The summed E-state index contributed by atoms with van der Waals surface area (Å²) in [7, 11) is 3.23. The molecular formula is C24H22N4O5. The summed E-state index contributed by atoms with van der Waals surface area (Å²) in [6.45, 7) is 0.215. The van der Waals surface area contributed by atoms with Gasteiger partial charge in [0.2, 0.25) is 0 Å². The molecule has 4 aromatic rings. The molecule has 168 valence electrons. The van der Waals surface area contributed by atoms with E-state index in [0.717, 1.165) is 16.7 Å². The molecule has 0 aliphatic heterocycles. The first-order valence-electron chi connectivity index (χ1n) is 10.1. The van der Waals surface area contributed by atoms with E-state index in [-0.39, 0.29) is 23.7 Å². The van der Waals surface area contributed by atoms with Crippen LogP contribution in [-0.2, 0) is 13.6 Å². The topological polar surface area (TPSA) is 125 Å². The number of nitrogens with zero attached hydrogens (tertiary/aromatic N) is 1. The lowest BCUT2D eigenvalue weighted by Gasteiger charge is -2.10. The van der Waals surface area contributed by atoms with Crippen LogP contribution in [0.3, 0.4) is 0 Å². The zero-order valence-electron chi connectivity index (χ0n) is 18.0. The van der Waals surface area contributed by atoms with Crippen molar-refractivity contribution in [2.75, 3.05) is 7.11 Å². The van der Waals surface area contributed by atoms with Crippen molar-refractivity contribution in [2.24, 2.45) is 7.05 Å². The Kier molecular flexibility index (Phi) is 5.97. The number of methoxy groups -OCH3 is 1. The number of carbonyl (C=O) groups is 2. The number of benzene rings is 2. The molecule has 4 rings (SSSR count). The number of fused-ring (bicyclic) bond motifs is 1. The van der Waals surface area contributed by atoms with E-state index in [2.05, 4.69) is 10.3 Å². The zero-order valence-corrected chi connectivity index (χ0v) is 18.0. The molecule has 0 radical (unpaired) electrons. The fraction of sp³-hybridized carbons (Fsp3) is 0.125. The van der Waals surface area contributed by atoms with Crippen molar-refractivity contribution in [3.05, 3.63) is 88.0 Å². The summed E-state index contributed by atoms with van der Waals surface area (Å²) in [5.41, 5.74) is 4.52. The van der Waals surface area contributed by atoms with E-state index in [1.54, 1.807) is 56.2 Å². The number of aromatic nitrogens is 2. The maximum absolute atomic E-state index is 12.8. The molecule has 0 saturated heterocycles. The van der Waals surface area contributed by atoms with E-state index in [0.29, 0.717) is 22.2 Å². The van der Waals surface area contributed by atoms with E-state index in [4.69, 9.17) is 9.94 Å². The number of H-pyrrole nitrogens is 1. The van der Waals surface area contributed by atoms with Gasteiger partial charge in [-0.05, 0) is 29.8 Å². The average Bonchev–Trinajstić information content (AvgIpc) is 3.30. The van der Waals surface area contributed by atoms with Crippen molar-refractivity contribution in [1.82, 2.24) is 20.3 Å². The minimum atomic E-state index is -0.615. The zero-order chi connectivity index (χ0) is 23.5. The SMILES string of the molecule is COc1ccccc1-c1cn(C)c(=O)c2[nH]c(C(=O)NCc3ccc(C(=O)NO)cc3)cc12. The second-order valence-corrected chi connectivity index (χ2v) is 7.45. The molecule has 0 saturated carbocycles. The number of pyridine rings is 1. The second-order valence-electron chi connectivity index (χ2n) is 7.45. The van der Waals surface area contributed by atoms with Crippen LogP contribution in [0.2, 0.25) is 0 Å². The molecule has 2 aromatic carbocycles. The van der Waals surface area contributed by atoms with Crippen LogP contribution >= 0.6 is 0 Å². The average molecular weight is 446 g/mol. The van der Waals surface area contributed by atoms with Gasteiger partial charge in [0.15, 0.2) is 0 Å². The summed E-state index contributed by atoms with van der Waals surface area (Å²) in [4.78, 5) is 39.9. The Labute approximate surface area is 188 Å². The standard InChI is InChI=1S/C24H22N4O5/c1-28-13-18(16-5-3-4-6-20(16)33-2)17-11-19(26-21(17)24(28)31)23(30)25-12-14-7-9-15(10-8-14)22(29)27-32/h3-11,13,26,32H,12H2,1-2H3,(H,25,30)(H,27,29). The second kappa shape index (κ2) is 9.01. The van der Waals surface area contributed by atoms with Crippen molar-refractivity contribution in [3.63, 3.8) is 0 Å². The summed E-state index contributed by atoms with van der Waals surface area (Å²) in [6, 6.07) is 15.6. The molecule has 2 heterocycles. The number of hydrogen-bond acceptors (Lipinski definition) is 5. The van der Waals surface area contributed by atoms with Crippen LogP contribution in [0, 0.1) is 0 Å². The molecule has 4 N–H and O–H groups in total. The Hall–Kier alpha value is -4.37. The Bertz CT molecular complexity index is 1400. The lowest BCUT2D eigenvalue weighted by molar-refractivity contribution is 0.0706. The quantitative estimate of drug-likeness (QED) is 0.268. The first kappa shape index (κ1) is 21.8. The van der Waals surface area contributed by atoms with E-state index >= 15 is 0 Å². The third-order valence-electron chi connectivity index (χ3n) is 5.38. The van der Waals surface area contributed by atoms with Gasteiger partial charge in [-0.2, -0.15) is 0 Å². The molecule has 0 aliphatic rings. The number of amides is 2. The first-order valence-corrected chi connectivity index (χ1v) is 10.1. The van der Waals surface area contributed by atoms with Crippen molar-refractivity contribution < 1.29 is 19.5 Å². The van der Waals surface area contributed by atoms with Gasteiger partial charge in [0.25, 0.3) is 17.4 Å². The Morgan fingerprint density at radius 1 is 1.06 bits per heavy atom. The molecule has 0 aliphatic carbocycles. The molecule has 0 atom stereocenters. The lowest BCUT2D eigenvalue weighted by Crippen LogP contribution is -2.23. The lowest BCUT2D eigenvalue weighted by atomic mass is 10.0. The summed E-state index contributed by atoms with van der Waals surface area (Å²) in [5, 5.41) is 12.1. The summed E-state index contributed by atoms with van der Waals surface area (Å²) in [5.74, 6) is -0.338. The van der Waals surface area contributed by atoms with Gasteiger partial charge in [-0.25, -0.2) is 5.48 Å². The third-order valence-corrected chi connectivity index (χ3v) is 5.38. The van der Waals surface area contributed by atoms with E-state index in [1.807, 2.05) is 24.3 Å². The Balaban J connectivity index is 1.64. The molecule has 2 amide bonds. The summed E-state index contributed by atoms with van der Waals surface area (Å²) < 4.78 is 6.94. The molecule has 9 nitrogen and oxygen atoms in total. The fourth-order valence-electron chi connectivity index (χ4n) is 3.65. The van der Waals surface area contributed by atoms with Gasteiger partial charge >= 0.3 is 0 Å². The highest BCUT2D eigenvalue weighted by molar-refractivity contribution is 6.03. The molecule has 0 spiro atoms. The molecule has 33 heavy (non-hydrogen) atoms. The van der Waals surface area contributed by atoms with Crippen molar-refractivity contribution in [2.45, 2.75) is 6.54 Å². The predicted molar refractivity (Wildman–Crippen MR) is 122 cm³/mol. The minimum absolute atomic E-state index is 0.215. The van der Waals surface area contributed by atoms with Crippen molar-refractivity contribution in [3.8, 4) is 16.9 Å². The van der Waals surface area contributed by atoms with Crippen molar-refractivity contribution >= 4 is 22.7 Å². The van der Waals surface area contributed by atoms with Crippen LogP contribution in [0.15, 0.2) is 65.6 Å². The van der Waals surface area contributed by atoms with Crippen molar-refractivity contribution in [1.29, 1.82) is 0 Å². The third kappa shape index (κ3) is 4.21. The van der Waals surface area contributed by atoms with Gasteiger partial charge in [0.1, 0.15) is 17.0 Å². The number of ether oxygens (including phenoxy) is 1.